The zero-order valence-corrected chi connectivity index (χ0v) is 16.4. The number of benzene rings is 1. The highest BCUT2D eigenvalue weighted by Gasteiger charge is 2.26. The Morgan fingerprint density at radius 1 is 1.34 bits per heavy atom. The Morgan fingerprint density at radius 3 is 2.72 bits per heavy atom. The van der Waals surface area contributed by atoms with Crippen molar-refractivity contribution in [1.82, 2.24) is 4.90 Å². The van der Waals surface area contributed by atoms with Crippen LogP contribution in [0.5, 0.6) is 5.75 Å². The zero-order chi connectivity index (χ0) is 21.2. The van der Waals surface area contributed by atoms with Crippen LogP contribution in [-0.2, 0) is 14.3 Å². The van der Waals surface area contributed by atoms with Gasteiger partial charge in [0.25, 0.3) is 6.43 Å². The van der Waals surface area contributed by atoms with E-state index in [-0.39, 0.29) is 32.2 Å². The van der Waals surface area contributed by atoms with E-state index < -0.39 is 24.8 Å². The van der Waals surface area contributed by atoms with Gasteiger partial charge in [-0.05, 0) is 31.1 Å². The second-order valence-electron chi connectivity index (χ2n) is 6.73. The molecule has 160 valence electrons. The summed E-state index contributed by atoms with van der Waals surface area (Å²) in [6.07, 6.45) is 2.02. The van der Waals surface area contributed by atoms with E-state index in [0.717, 1.165) is 6.42 Å². The topological polar surface area (TPSA) is 85.1 Å². The van der Waals surface area contributed by atoms with Crippen molar-refractivity contribution in [2.45, 2.75) is 31.8 Å². The number of hydrogen-bond donors (Lipinski definition) is 1. The summed E-state index contributed by atoms with van der Waals surface area (Å²) >= 11 is 0. The molecule has 1 aromatic rings. The zero-order valence-electron chi connectivity index (χ0n) is 16.4. The summed E-state index contributed by atoms with van der Waals surface area (Å²) in [4.78, 5) is 27.0. The maximum atomic E-state index is 13.1. The minimum Gasteiger partial charge on any atom is -0.497 e. The van der Waals surface area contributed by atoms with Gasteiger partial charge in [-0.3, -0.25) is 14.5 Å². The van der Waals surface area contributed by atoms with Crippen molar-refractivity contribution in [2.75, 3.05) is 38.2 Å². The summed E-state index contributed by atoms with van der Waals surface area (Å²) in [5.74, 6) is -0.557. The molecule has 0 saturated carbocycles. The summed E-state index contributed by atoms with van der Waals surface area (Å²) in [5.41, 5.74) is 5.69. The first-order chi connectivity index (χ1) is 13.9. The molecule has 1 atom stereocenters. The van der Waals surface area contributed by atoms with Crippen LogP contribution in [0.15, 0.2) is 36.6 Å². The molecule has 29 heavy (non-hydrogen) atoms. The molecule has 2 N–H and O–H groups in total. The Balaban J connectivity index is 2.17. The van der Waals surface area contributed by atoms with Gasteiger partial charge in [0.05, 0.1) is 32.1 Å². The molecule has 1 aromatic carbocycles. The molecule has 0 radical (unpaired) electrons. The normalized spacial score (nSPS) is 16.0. The SMILES string of the molecule is COc1ccccc1N(CCC(N)=O)C(=O)CN(CC(F)F)CC1CCC=CO1. The molecule has 1 heterocycles. The number of carbonyl (C=O) groups is 2. The molecule has 0 spiro atoms. The number of carbonyl (C=O) groups excluding carboxylic acids is 2. The number of ether oxygens (including phenoxy) is 2. The van der Waals surface area contributed by atoms with Gasteiger partial charge in [-0.1, -0.05) is 12.1 Å². The fraction of sp³-hybridized carbons (Fsp3) is 0.500. The van der Waals surface area contributed by atoms with Crippen molar-refractivity contribution in [1.29, 1.82) is 0 Å². The van der Waals surface area contributed by atoms with Crippen LogP contribution in [0, 0.1) is 0 Å². The van der Waals surface area contributed by atoms with Gasteiger partial charge in [0.1, 0.15) is 11.9 Å². The first kappa shape index (κ1) is 22.6. The molecule has 0 aromatic heterocycles. The van der Waals surface area contributed by atoms with E-state index in [1.165, 1.54) is 16.9 Å². The summed E-state index contributed by atoms with van der Waals surface area (Å²) < 4.78 is 36.9. The Morgan fingerprint density at radius 2 is 2.10 bits per heavy atom. The van der Waals surface area contributed by atoms with E-state index in [4.69, 9.17) is 15.2 Å². The predicted octanol–water partition coefficient (Wildman–Crippen LogP) is 2.16. The standard InChI is InChI=1S/C20H27F2N3O4/c1-28-17-8-3-2-7-16(17)25(10-9-19(23)26)20(27)14-24(13-18(21)22)12-15-6-4-5-11-29-15/h2-3,5,7-8,11,15,18H,4,6,9-10,12-14H2,1H3,(H2,23,26). The van der Waals surface area contributed by atoms with Gasteiger partial charge in [-0.25, -0.2) is 8.78 Å². The van der Waals surface area contributed by atoms with Gasteiger partial charge in [-0.2, -0.15) is 0 Å². The number of amides is 2. The number of primary amides is 1. The molecule has 1 aliphatic heterocycles. The molecular weight excluding hydrogens is 384 g/mol. The lowest BCUT2D eigenvalue weighted by molar-refractivity contribution is -0.120. The Hall–Kier alpha value is -2.68. The van der Waals surface area contributed by atoms with Crippen LogP contribution in [0.25, 0.3) is 0 Å². The van der Waals surface area contributed by atoms with Crippen molar-refractivity contribution < 1.29 is 27.8 Å². The minimum atomic E-state index is -2.59. The highest BCUT2D eigenvalue weighted by Crippen LogP contribution is 2.28. The first-order valence-electron chi connectivity index (χ1n) is 9.43. The highest BCUT2D eigenvalue weighted by molar-refractivity contribution is 5.96. The minimum absolute atomic E-state index is 0.0275. The number of anilines is 1. The third kappa shape index (κ3) is 7.34. The highest BCUT2D eigenvalue weighted by atomic mass is 19.3. The van der Waals surface area contributed by atoms with Crippen LogP contribution in [0.4, 0.5) is 14.5 Å². The number of hydrogen-bond acceptors (Lipinski definition) is 5. The van der Waals surface area contributed by atoms with Gasteiger partial charge in [0, 0.05) is 19.5 Å². The number of allylic oxidation sites excluding steroid dienone is 1. The van der Waals surface area contributed by atoms with E-state index >= 15 is 0 Å². The number of rotatable bonds is 11. The van der Waals surface area contributed by atoms with Crippen LogP contribution < -0.4 is 15.4 Å². The average molecular weight is 411 g/mol. The van der Waals surface area contributed by atoms with E-state index in [1.807, 2.05) is 6.08 Å². The van der Waals surface area contributed by atoms with Gasteiger partial charge < -0.3 is 20.1 Å². The lowest BCUT2D eigenvalue weighted by atomic mass is 10.1. The number of alkyl halides is 2. The van der Waals surface area contributed by atoms with Crippen molar-refractivity contribution in [3.63, 3.8) is 0 Å². The fourth-order valence-electron chi connectivity index (χ4n) is 3.14. The molecule has 7 nitrogen and oxygen atoms in total. The maximum Gasteiger partial charge on any atom is 0.251 e. The number of nitrogens with two attached hydrogens (primary N) is 1. The summed E-state index contributed by atoms with van der Waals surface area (Å²) in [6.45, 7) is -0.564. The quantitative estimate of drug-likeness (QED) is 0.603. The molecular formula is C20H27F2N3O4. The van der Waals surface area contributed by atoms with Gasteiger partial charge in [0.2, 0.25) is 11.8 Å². The molecule has 1 unspecified atom stereocenters. The second kappa shape index (κ2) is 11.4. The van der Waals surface area contributed by atoms with Crippen LogP contribution in [-0.4, -0.2) is 62.5 Å². The van der Waals surface area contributed by atoms with E-state index in [9.17, 15) is 18.4 Å². The number of methoxy groups -OCH3 is 1. The van der Waals surface area contributed by atoms with Crippen molar-refractivity contribution >= 4 is 17.5 Å². The molecule has 2 rings (SSSR count). The second-order valence-corrected chi connectivity index (χ2v) is 6.73. The molecule has 0 bridgehead atoms. The number of para-hydroxylation sites is 2. The number of halogens is 2. The Bertz CT molecular complexity index is 715. The third-order valence-electron chi connectivity index (χ3n) is 4.50. The Labute approximate surface area is 169 Å². The maximum absolute atomic E-state index is 13.1. The monoisotopic (exact) mass is 411 g/mol. The van der Waals surface area contributed by atoms with Gasteiger partial charge in [0.15, 0.2) is 0 Å². The fourth-order valence-corrected chi connectivity index (χ4v) is 3.14. The smallest absolute Gasteiger partial charge is 0.251 e. The molecule has 0 aliphatic carbocycles. The molecule has 9 heteroatoms. The lowest BCUT2D eigenvalue weighted by Crippen LogP contribution is -2.46. The van der Waals surface area contributed by atoms with Crippen LogP contribution >= 0.6 is 0 Å². The van der Waals surface area contributed by atoms with Gasteiger partial charge >= 0.3 is 0 Å². The van der Waals surface area contributed by atoms with Crippen molar-refractivity contribution in [3.8, 4) is 5.75 Å². The predicted molar refractivity (Wildman–Crippen MR) is 105 cm³/mol. The van der Waals surface area contributed by atoms with E-state index in [0.29, 0.717) is 17.9 Å². The average Bonchev–Trinajstić information content (AvgIpc) is 2.68. The lowest BCUT2D eigenvalue weighted by Gasteiger charge is -2.30. The number of nitrogens with zero attached hydrogens (tertiary/aromatic N) is 2. The van der Waals surface area contributed by atoms with Gasteiger partial charge in [-0.15, -0.1) is 0 Å². The molecule has 0 saturated heterocycles. The van der Waals surface area contributed by atoms with Crippen LogP contribution in [0.3, 0.4) is 0 Å². The first-order valence-corrected chi connectivity index (χ1v) is 9.43. The summed E-state index contributed by atoms with van der Waals surface area (Å²) in [7, 11) is 1.46. The van der Waals surface area contributed by atoms with E-state index in [1.54, 1.807) is 30.5 Å². The Kier molecular flexibility index (Phi) is 8.85. The summed E-state index contributed by atoms with van der Waals surface area (Å²) in [5, 5.41) is 0. The van der Waals surface area contributed by atoms with Crippen LogP contribution in [0.1, 0.15) is 19.3 Å². The molecule has 0 fully saturated rings. The van der Waals surface area contributed by atoms with Crippen molar-refractivity contribution in [3.05, 3.63) is 36.6 Å². The summed E-state index contributed by atoms with van der Waals surface area (Å²) in [6, 6.07) is 6.82. The largest absolute Gasteiger partial charge is 0.497 e. The van der Waals surface area contributed by atoms with Crippen molar-refractivity contribution in [2.24, 2.45) is 5.73 Å². The van der Waals surface area contributed by atoms with Crippen LogP contribution in [0.2, 0.25) is 0 Å². The third-order valence-corrected chi connectivity index (χ3v) is 4.50. The molecule has 2 amide bonds. The van der Waals surface area contributed by atoms with E-state index in [2.05, 4.69) is 0 Å². The molecule has 1 aliphatic rings.